The van der Waals surface area contributed by atoms with E-state index in [-0.39, 0.29) is 18.3 Å². The third-order valence-corrected chi connectivity index (χ3v) is 2.45. The molecule has 5 heteroatoms. The molecule has 2 rings (SSSR count). The van der Waals surface area contributed by atoms with Crippen LogP contribution in [0.4, 0.5) is 10.1 Å². The molecule has 0 saturated heterocycles. The van der Waals surface area contributed by atoms with Crippen LogP contribution in [0.3, 0.4) is 0 Å². The maximum atomic E-state index is 13.4. The van der Waals surface area contributed by atoms with Crippen LogP contribution in [0, 0.1) is 5.82 Å². The van der Waals surface area contributed by atoms with Gasteiger partial charge in [-0.05, 0) is 18.6 Å². The molecule has 0 fully saturated rings. The Labute approximate surface area is 92.0 Å². The van der Waals surface area contributed by atoms with Crippen LogP contribution in [0.2, 0.25) is 0 Å². The van der Waals surface area contributed by atoms with Crippen LogP contribution >= 0.6 is 0 Å². The monoisotopic (exact) mass is 225 g/mol. The number of ether oxygens (including phenoxy) is 1. The highest BCUT2D eigenvalue weighted by atomic mass is 19.1. The Morgan fingerprint density at radius 1 is 1.62 bits per heavy atom. The van der Waals surface area contributed by atoms with Crippen LogP contribution in [-0.4, -0.2) is 23.7 Å². The van der Waals surface area contributed by atoms with Crippen LogP contribution in [-0.2, 0) is 4.79 Å². The summed E-state index contributed by atoms with van der Waals surface area (Å²) in [4.78, 5) is 10.4. The van der Waals surface area contributed by atoms with Crippen molar-refractivity contribution in [3.8, 4) is 5.75 Å². The summed E-state index contributed by atoms with van der Waals surface area (Å²) in [6.45, 7) is 0.504. The number of carbonyl (C=O) groups is 1. The predicted molar refractivity (Wildman–Crippen MR) is 56.2 cm³/mol. The highest BCUT2D eigenvalue weighted by Crippen LogP contribution is 2.32. The minimum atomic E-state index is -0.872. The summed E-state index contributed by atoms with van der Waals surface area (Å²) in [7, 11) is 0. The molecule has 0 aromatic heterocycles. The minimum absolute atomic E-state index is 0.0239. The Hall–Kier alpha value is -1.78. The number of rotatable bonds is 3. The standard InChI is InChI=1S/C11H12FNO3/c12-8-2-1-3-9-11(8)16-7(6-13-9)4-5-10(14)15/h1-3,7,13H,4-6H2,(H,14,15). The number of fused-ring (bicyclic) bond motifs is 1. The van der Waals surface area contributed by atoms with E-state index in [0.717, 1.165) is 0 Å². The number of hydrogen-bond acceptors (Lipinski definition) is 3. The quantitative estimate of drug-likeness (QED) is 0.824. The first-order valence-electron chi connectivity index (χ1n) is 5.07. The largest absolute Gasteiger partial charge is 0.483 e. The maximum absolute atomic E-state index is 13.4. The summed E-state index contributed by atoms with van der Waals surface area (Å²) in [6, 6.07) is 4.65. The van der Waals surface area contributed by atoms with Crippen molar-refractivity contribution in [1.82, 2.24) is 0 Å². The molecule has 1 aliphatic rings. The zero-order valence-electron chi connectivity index (χ0n) is 8.57. The molecule has 1 unspecified atom stereocenters. The zero-order chi connectivity index (χ0) is 11.5. The van der Waals surface area contributed by atoms with Crippen molar-refractivity contribution in [2.75, 3.05) is 11.9 Å². The second-order valence-electron chi connectivity index (χ2n) is 3.67. The zero-order valence-corrected chi connectivity index (χ0v) is 8.57. The van der Waals surface area contributed by atoms with Gasteiger partial charge in [-0.15, -0.1) is 0 Å². The summed E-state index contributed by atoms with van der Waals surface area (Å²) >= 11 is 0. The summed E-state index contributed by atoms with van der Waals surface area (Å²) in [6.07, 6.45) is 0.104. The van der Waals surface area contributed by atoms with Gasteiger partial charge in [-0.2, -0.15) is 0 Å². The van der Waals surface area contributed by atoms with Gasteiger partial charge < -0.3 is 15.2 Å². The van der Waals surface area contributed by atoms with Crippen LogP contribution < -0.4 is 10.1 Å². The highest BCUT2D eigenvalue weighted by molar-refractivity contribution is 5.66. The summed E-state index contributed by atoms with van der Waals surface area (Å²) < 4.78 is 18.8. The molecule has 16 heavy (non-hydrogen) atoms. The summed E-state index contributed by atoms with van der Waals surface area (Å²) in [5.74, 6) is -1.11. The van der Waals surface area contributed by atoms with E-state index in [2.05, 4.69) is 5.32 Å². The van der Waals surface area contributed by atoms with Crippen LogP contribution in [0.5, 0.6) is 5.75 Å². The number of carboxylic acid groups (broad SMARTS) is 1. The number of para-hydroxylation sites is 1. The third kappa shape index (κ3) is 2.24. The average molecular weight is 225 g/mol. The van der Waals surface area contributed by atoms with Crippen LogP contribution in [0.1, 0.15) is 12.8 Å². The lowest BCUT2D eigenvalue weighted by molar-refractivity contribution is -0.137. The molecule has 0 bridgehead atoms. The van der Waals surface area contributed by atoms with Crippen molar-refractivity contribution >= 4 is 11.7 Å². The molecule has 4 nitrogen and oxygen atoms in total. The lowest BCUT2D eigenvalue weighted by Gasteiger charge is -2.27. The molecule has 0 aliphatic carbocycles. The van der Waals surface area contributed by atoms with Crippen LogP contribution in [0.15, 0.2) is 18.2 Å². The number of anilines is 1. The normalized spacial score (nSPS) is 18.2. The molecule has 0 spiro atoms. The van der Waals surface area contributed by atoms with Crippen molar-refractivity contribution in [1.29, 1.82) is 0 Å². The molecule has 0 amide bonds. The maximum Gasteiger partial charge on any atom is 0.303 e. The predicted octanol–water partition coefficient (Wildman–Crippen LogP) is 1.86. The molecule has 0 saturated carbocycles. The van der Waals surface area contributed by atoms with Gasteiger partial charge in [0.05, 0.1) is 12.2 Å². The lowest BCUT2D eigenvalue weighted by atomic mass is 10.1. The topological polar surface area (TPSA) is 58.6 Å². The van der Waals surface area contributed by atoms with Gasteiger partial charge in [0.2, 0.25) is 0 Å². The van der Waals surface area contributed by atoms with E-state index in [1.807, 2.05) is 0 Å². The van der Waals surface area contributed by atoms with Gasteiger partial charge in [0, 0.05) is 6.42 Å². The van der Waals surface area contributed by atoms with E-state index in [4.69, 9.17) is 9.84 Å². The van der Waals surface area contributed by atoms with Crippen molar-refractivity contribution in [3.63, 3.8) is 0 Å². The Morgan fingerprint density at radius 3 is 3.19 bits per heavy atom. The first-order chi connectivity index (χ1) is 7.66. The first-order valence-corrected chi connectivity index (χ1v) is 5.07. The molecule has 1 aromatic carbocycles. The molecule has 1 aliphatic heterocycles. The Balaban J connectivity index is 2.05. The Morgan fingerprint density at radius 2 is 2.44 bits per heavy atom. The molecule has 0 radical (unpaired) electrons. The van der Waals surface area contributed by atoms with E-state index in [1.54, 1.807) is 12.1 Å². The number of carboxylic acids is 1. The van der Waals surface area contributed by atoms with Crippen LogP contribution in [0.25, 0.3) is 0 Å². The Kier molecular flexibility index (Phi) is 2.94. The van der Waals surface area contributed by atoms with Crippen molar-refractivity contribution < 1.29 is 19.0 Å². The van der Waals surface area contributed by atoms with Gasteiger partial charge in [-0.3, -0.25) is 4.79 Å². The fourth-order valence-electron chi connectivity index (χ4n) is 1.65. The summed E-state index contributed by atoms with van der Waals surface area (Å²) in [5, 5.41) is 11.6. The smallest absolute Gasteiger partial charge is 0.303 e. The second-order valence-corrected chi connectivity index (χ2v) is 3.67. The van der Waals surface area contributed by atoms with Crippen molar-refractivity contribution in [3.05, 3.63) is 24.0 Å². The minimum Gasteiger partial charge on any atom is -0.483 e. The number of halogens is 1. The number of benzene rings is 1. The fraction of sp³-hybridized carbons (Fsp3) is 0.364. The number of nitrogens with one attached hydrogen (secondary N) is 1. The lowest BCUT2D eigenvalue weighted by Crippen LogP contribution is -2.31. The van der Waals surface area contributed by atoms with Gasteiger partial charge in [-0.1, -0.05) is 6.07 Å². The molecule has 1 heterocycles. The van der Waals surface area contributed by atoms with Gasteiger partial charge in [-0.25, -0.2) is 4.39 Å². The fourth-order valence-corrected chi connectivity index (χ4v) is 1.65. The molecule has 86 valence electrons. The van der Waals surface area contributed by atoms with Crippen molar-refractivity contribution in [2.24, 2.45) is 0 Å². The van der Waals surface area contributed by atoms with Gasteiger partial charge in [0.15, 0.2) is 11.6 Å². The molecule has 1 atom stereocenters. The first kappa shape index (κ1) is 10.7. The summed E-state index contributed by atoms with van der Waals surface area (Å²) in [5.41, 5.74) is 0.617. The van der Waals surface area contributed by atoms with Gasteiger partial charge in [0.25, 0.3) is 0 Å². The average Bonchev–Trinajstić information content (AvgIpc) is 2.27. The third-order valence-electron chi connectivity index (χ3n) is 2.45. The Bertz CT molecular complexity index is 408. The molecule has 1 aromatic rings. The number of hydrogen-bond donors (Lipinski definition) is 2. The second kappa shape index (κ2) is 4.38. The van der Waals surface area contributed by atoms with Gasteiger partial charge in [0.1, 0.15) is 6.10 Å². The van der Waals surface area contributed by atoms with Gasteiger partial charge >= 0.3 is 5.97 Å². The molecular formula is C11H12FNO3. The van der Waals surface area contributed by atoms with E-state index < -0.39 is 11.8 Å². The van der Waals surface area contributed by atoms with E-state index in [9.17, 15) is 9.18 Å². The van der Waals surface area contributed by atoms with E-state index >= 15 is 0 Å². The highest BCUT2D eigenvalue weighted by Gasteiger charge is 2.22. The van der Waals surface area contributed by atoms with E-state index in [1.165, 1.54) is 6.07 Å². The number of aliphatic carboxylic acids is 1. The molecular weight excluding hydrogens is 213 g/mol. The SMILES string of the molecule is O=C(O)CCC1CNc2cccc(F)c2O1. The van der Waals surface area contributed by atoms with E-state index in [0.29, 0.717) is 18.7 Å². The molecule has 2 N–H and O–H groups in total. The van der Waals surface area contributed by atoms with Crippen molar-refractivity contribution in [2.45, 2.75) is 18.9 Å².